The lowest BCUT2D eigenvalue weighted by Crippen LogP contribution is -2.40. The van der Waals surface area contributed by atoms with E-state index >= 15 is 0 Å². The standard InChI is InChI=1S/C15H20N4O/c1-9(2)13(14(17)20)19-15-11(8-16)7-10-5-3-4-6-12(10)18-15/h7,9,13H,3-6H2,1-2H3,(H2,17,20)(H,18,19). The molecule has 0 saturated carbocycles. The number of pyridine rings is 1. The van der Waals surface area contributed by atoms with Crippen molar-refractivity contribution in [1.29, 1.82) is 5.26 Å². The number of aryl methyl sites for hydroxylation is 2. The molecule has 1 heterocycles. The van der Waals surface area contributed by atoms with E-state index in [0.717, 1.165) is 36.9 Å². The lowest BCUT2D eigenvalue weighted by molar-refractivity contribution is -0.119. The molecular formula is C15H20N4O. The van der Waals surface area contributed by atoms with Gasteiger partial charge in [-0.15, -0.1) is 0 Å². The first-order valence-electron chi connectivity index (χ1n) is 7.01. The zero-order chi connectivity index (χ0) is 14.7. The van der Waals surface area contributed by atoms with Crippen molar-refractivity contribution in [1.82, 2.24) is 4.98 Å². The minimum atomic E-state index is -0.517. The van der Waals surface area contributed by atoms with Gasteiger partial charge in [-0.1, -0.05) is 13.8 Å². The SMILES string of the molecule is CC(C)C(Nc1nc2c(cc1C#N)CCCC2)C(N)=O. The third-order valence-electron chi connectivity index (χ3n) is 3.69. The summed E-state index contributed by atoms with van der Waals surface area (Å²) in [7, 11) is 0. The van der Waals surface area contributed by atoms with Crippen molar-refractivity contribution in [2.45, 2.75) is 45.6 Å². The minimum absolute atomic E-state index is 0.0388. The molecule has 0 saturated heterocycles. The summed E-state index contributed by atoms with van der Waals surface area (Å²) in [5.74, 6) is 0.0888. The van der Waals surface area contributed by atoms with Gasteiger partial charge >= 0.3 is 0 Å². The molecule has 1 atom stereocenters. The van der Waals surface area contributed by atoms with Gasteiger partial charge in [0.1, 0.15) is 17.9 Å². The second-order valence-corrected chi connectivity index (χ2v) is 5.58. The fourth-order valence-corrected chi connectivity index (χ4v) is 2.54. The van der Waals surface area contributed by atoms with Crippen LogP contribution in [0.3, 0.4) is 0 Å². The minimum Gasteiger partial charge on any atom is -0.368 e. The fraction of sp³-hybridized carbons (Fsp3) is 0.533. The van der Waals surface area contributed by atoms with Crippen molar-refractivity contribution in [2.24, 2.45) is 11.7 Å². The van der Waals surface area contributed by atoms with Crippen molar-refractivity contribution < 1.29 is 4.79 Å². The molecular weight excluding hydrogens is 252 g/mol. The number of nitrogens with zero attached hydrogens (tertiary/aromatic N) is 2. The second-order valence-electron chi connectivity index (χ2n) is 5.58. The van der Waals surface area contributed by atoms with Gasteiger partial charge in [-0.2, -0.15) is 5.26 Å². The maximum atomic E-state index is 11.5. The second kappa shape index (κ2) is 5.91. The van der Waals surface area contributed by atoms with E-state index in [0.29, 0.717) is 11.4 Å². The average molecular weight is 272 g/mol. The smallest absolute Gasteiger partial charge is 0.240 e. The highest BCUT2D eigenvalue weighted by molar-refractivity contribution is 5.83. The quantitative estimate of drug-likeness (QED) is 0.873. The summed E-state index contributed by atoms with van der Waals surface area (Å²) in [5, 5.41) is 12.3. The van der Waals surface area contributed by atoms with Crippen LogP contribution in [0.2, 0.25) is 0 Å². The molecule has 0 aromatic carbocycles. The molecule has 0 fully saturated rings. The summed E-state index contributed by atoms with van der Waals surface area (Å²) in [4.78, 5) is 16.0. The molecule has 1 aliphatic rings. The lowest BCUT2D eigenvalue weighted by Gasteiger charge is -2.22. The highest BCUT2D eigenvalue weighted by Crippen LogP contribution is 2.25. The zero-order valence-corrected chi connectivity index (χ0v) is 11.9. The Morgan fingerprint density at radius 3 is 2.75 bits per heavy atom. The molecule has 106 valence electrons. The number of rotatable bonds is 4. The summed E-state index contributed by atoms with van der Waals surface area (Å²) >= 11 is 0. The molecule has 1 unspecified atom stereocenters. The molecule has 20 heavy (non-hydrogen) atoms. The van der Waals surface area contributed by atoms with Gasteiger partial charge in [-0.25, -0.2) is 4.98 Å². The topological polar surface area (TPSA) is 91.8 Å². The van der Waals surface area contributed by atoms with E-state index in [1.807, 2.05) is 19.9 Å². The normalized spacial score (nSPS) is 15.3. The summed E-state index contributed by atoms with van der Waals surface area (Å²) < 4.78 is 0. The molecule has 1 aromatic rings. The number of fused-ring (bicyclic) bond motifs is 1. The number of hydrogen-bond acceptors (Lipinski definition) is 4. The van der Waals surface area contributed by atoms with Crippen molar-refractivity contribution >= 4 is 11.7 Å². The number of anilines is 1. The summed E-state index contributed by atoms with van der Waals surface area (Å²) in [6, 6.07) is 3.53. The third kappa shape index (κ3) is 2.90. The first kappa shape index (κ1) is 14.3. The number of carbonyl (C=O) groups is 1. The number of nitriles is 1. The Morgan fingerprint density at radius 1 is 1.45 bits per heavy atom. The van der Waals surface area contributed by atoms with Crippen molar-refractivity contribution in [3.05, 3.63) is 22.9 Å². The predicted molar refractivity (Wildman–Crippen MR) is 77.0 cm³/mol. The molecule has 5 heteroatoms. The Labute approximate surface area is 119 Å². The van der Waals surface area contributed by atoms with E-state index in [2.05, 4.69) is 16.4 Å². The summed E-state index contributed by atoms with van der Waals surface area (Å²) in [5.41, 5.74) is 8.07. The van der Waals surface area contributed by atoms with Crippen molar-refractivity contribution in [3.8, 4) is 6.07 Å². The zero-order valence-electron chi connectivity index (χ0n) is 11.9. The van der Waals surface area contributed by atoms with Crippen LogP contribution in [0.25, 0.3) is 0 Å². The molecule has 0 radical (unpaired) electrons. The molecule has 1 amide bonds. The lowest BCUT2D eigenvalue weighted by atomic mass is 9.94. The Hall–Kier alpha value is -2.09. The van der Waals surface area contributed by atoms with Crippen LogP contribution in [0.4, 0.5) is 5.82 Å². The number of nitrogens with two attached hydrogens (primary N) is 1. The van der Waals surface area contributed by atoms with Crippen LogP contribution in [0.5, 0.6) is 0 Å². The first-order chi connectivity index (χ1) is 9.52. The number of carbonyl (C=O) groups excluding carboxylic acids is 1. The number of primary amides is 1. The van der Waals surface area contributed by atoms with Gasteiger partial charge in [0.25, 0.3) is 0 Å². The van der Waals surface area contributed by atoms with E-state index < -0.39 is 11.9 Å². The Bertz CT molecular complexity index is 560. The van der Waals surface area contributed by atoms with Gasteiger partial charge in [-0.05, 0) is 43.2 Å². The highest BCUT2D eigenvalue weighted by Gasteiger charge is 2.22. The third-order valence-corrected chi connectivity index (χ3v) is 3.69. The Balaban J connectivity index is 2.35. The van der Waals surface area contributed by atoms with Gasteiger partial charge < -0.3 is 11.1 Å². The Morgan fingerprint density at radius 2 is 2.15 bits per heavy atom. The van der Waals surface area contributed by atoms with Crippen LogP contribution < -0.4 is 11.1 Å². The van der Waals surface area contributed by atoms with Crippen LogP contribution in [-0.2, 0) is 17.6 Å². The van der Waals surface area contributed by atoms with E-state index in [1.165, 1.54) is 0 Å². The summed E-state index contributed by atoms with van der Waals surface area (Å²) in [6.45, 7) is 3.82. The van der Waals surface area contributed by atoms with Gasteiger partial charge in [0.15, 0.2) is 0 Å². The summed E-state index contributed by atoms with van der Waals surface area (Å²) in [6.07, 6.45) is 4.16. The molecule has 3 N–H and O–H groups in total. The maximum absolute atomic E-state index is 11.5. The monoisotopic (exact) mass is 272 g/mol. The van der Waals surface area contributed by atoms with E-state index in [9.17, 15) is 10.1 Å². The number of nitrogens with one attached hydrogen (secondary N) is 1. The van der Waals surface area contributed by atoms with Crippen LogP contribution >= 0.6 is 0 Å². The highest BCUT2D eigenvalue weighted by atomic mass is 16.1. The maximum Gasteiger partial charge on any atom is 0.240 e. The van der Waals surface area contributed by atoms with Gasteiger partial charge in [-0.3, -0.25) is 4.79 Å². The van der Waals surface area contributed by atoms with Crippen LogP contribution in [0, 0.1) is 17.2 Å². The van der Waals surface area contributed by atoms with Crippen molar-refractivity contribution in [3.63, 3.8) is 0 Å². The molecule has 0 aliphatic heterocycles. The largest absolute Gasteiger partial charge is 0.368 e. The Kier molecular flexibility index (Phi) is 4.23. The van der Waals surface area contributed by atoms with E-state index in [4.69, 9.17) is 5.73 Å². The predicted octanol–water partition coefficient (Wildman–Crippen LogP) is 1.75. The molecule has 5 nitrogen and oxygen atoms in total. The molecule has 0 spiro atoms. The van der Waals surface area contributed by atoms with Crippen LogP contribution in [0.1, 0.15) is 43.5 Å². The van der Waals surface area contributed by atoms with Crippen LogP contribution in [0.15, 0.2) is 6.07 Å². The number of aromatic nitrogens is 1. The van der Waals surface area contributed by atoms with Crippen molar-refractivity contribution in [2.75, 3.05) is 5.32 Å². The van der Waals surface area contributed by atoms with Crippen LogP contribution in [-0.4, -0.2) is 16.9 Å². The first-order valence-corrected chi connectivity index (χ1v) is 7.01. The fourth-order valence-electron chi connectivity index (χ4n) is 2.54. The molecule has 2 rings (SSSR count). The molecule has 1 aliphatic carbocycles. The van der Waals surface area contributed by atoms with Gasteiger partial charge in [0.2, 0.25) is 5.91 Å². The number of hydrogen-bond donors (Lipinski definition) is 2. The molecule has 0 bridgehead atoms. The molecule has 1 aromatic heterocycles. The average Bonchev–Trinajstić information content (AvgIpc) is 2.42. The van der Waals surface area contributed by atoms with Gasteiger partial charge in [0.05, 0.1) is 5.56 Å². The van der Waals surface area contributed by atoms with E-state index in [1.54, 1.807) is 0 Å². The van der Waals surface area contributed by atoms with E-state index in [-0.39, 0.29) is 5.92 Å². The van der Waals surface area contributed by atoms with Gasteiger partial charge in [0, 0.05) is 5.69 Å². The number of amides is 1.